The average molecular weight is 1050 g/mol. The number of ether oxygens (including phenoxy) is 1. The molecule has 0 radical (unpaired) electrons. The van der Waals surface area contributed by atoms with Crippen molar-refractivity contribution in [3.05, 3.63) is 60.8 Å². The van der Waals surface area contributed by atoms with Crippen LogP contribution < -0.4 is 5.32 Å². The van der Waals surface area contributed by atoms with Crippen LogP contribution in [-0.2, 0) is 27.9 Å². The molecule has 3 unspecified atom stereocenters. The van der Waals surface area contributed by atoms with E-state index in [9.17, 15) is 19.0 Å². The van der Waals surface area contributed by atoms with Gasteiger partial charge in [0.2, 0.25) is 5.91 Å². The Morgan fingerprint density at radius 1 is 0.493 bits per heavy atom. The zero-order chi connectivity index (χ0) is 53.6. The maximum atomic E-state index is 13.5. The maximum Gasteiger partial charge on any atom is 0.472 e. The number of likely N-dealkylation sites (N-methyl/N-ethyl adjacent to an activating group) is 1. The Morgan fingerprint density at radius 3 is 1.33 bits per heavy atom. The van der Waals surface area contributed by atoms with E-state index in [0.717, 1.165) is 89.9 Å². The van der Waals surface area contributed by atoms with E-state index in [1.54, 1.807) is 0 Å². The molecule has 9 nitrogen and oxygen atoms in total. The average Bonchev–Trinajstić information content (AvgIpc) is 3.35. The van der Waals surface area contributed by atoms with Crippen LogP contribution in [0.5, 0.6) is 0 Å². The second kappa shape index (κ2) is 53.1. The van der Waals surface area contributed by atoms with Crippen LogP contribution in [0.4, 0.5) is 0 Å². The number of quaternary nitrogens is 1. The highest BCUT2D eigenvalue weighted by molar-refractivity contribution is 7.47. The number of phosphoric acid groups is 1. The number of nitrogens with zero attached hydrogens (tertiary/aromatic N) is 1. The van der Waals surface area contributed by atoms with Crippen molar-refractivity contribution in [3.63, 3.8) is 0 Å². The monoisotopic (exact) mass is 1050 g/mol. The topological polar surface area (TPSA) is 111 Å². The lowest BCUT2D eigenvalue weighted by atomic mass is 10.0. The SMILES string of the molecule is CC/C=C/C/C=C/CCCCCCCCCC(=O)NC(COP(=O)(O)OCC[N+](C)(C)C)C(/C=C\CCCCCCCCCCCC)OC(=O)CCCCCCCCCCCCC/C=C\C/C=C\CCCCC. The highest BCUT2D eigenvalue weighted by Gasteiger charge is 2.30. The van der Waals surface area contributed by atoms with E-state index in [-0.39, 0.29) is 31.5 Å². The van der Waals surface area contributed by atoms with E-state index in [0.29, 0.717) is 17.4 Å². The van der Waals surface area contributed by atoms with Crippen LogP contribution in [-0.4, -0.2) is 74.3 Å². The molecular formula is C63H118N2O7P+. The molecule has 0 aromatic rings. The lowest BCUT2D eigenvalue weighted by molar-refractivity contribution is -0.870. The minimum Gasteiger partial charge on any atom is -0.456 e. The normalized spacial score (nSPS) is 14.1. The fraction of sp³-hybridized carbons (Fsp3) is 0.810. The number of allylic oxidation sites excluding steroid dienone is 9. The molecule has 0 saturated heterocycles. The van der Waals surface area contributed by atoms with Gasteiger partial charge in [-0.05, 0) is 89.5 Å². The summed E-state index contributed by atoms with van der Waals surface area (Å²) in [5.41, 5.74) is 0. The van der Waals surface area contributed by atoms with Gasteiger partial charge < -0.3 is 19.4 Å². The molecule has 426 valence electrons. The van der Waals surface area contributed by atoms with Gasteiger partial charge in [-0.25, -0.2) is 4.57 Å². The molecule has 0 heterocycles. The van der Waals surface area contributed by atoms with Crippen LogP contribution in [0.15, 0.2) is 60.8 Å². The first-order valence-electron chi connectivity index (χ1n) is 30.6. The van der Waals surface area contributed by atoms with Crippen LogP contribution >= 0.6 is 7.82 Å². The third kappa shape index (κ3) is 54.3. The Balaban J connectivity index is 5.22. The van der Waals surface area contributed by atoms with Crippen molar-refractivity contribution in [2.45, 2.75) is 290 Å². The van der Waals surface area contributed by atoms with Crippen LogP contribution in [0, 0.1) is 0 Å². The smallest absolute Gasteiger partial charge is 0.456 e. The first-order chi connectivity index (χ1) is 35.4. The van der Waals surface area contributed by atoms with Gasteiger partial charge in [-0.3, -0.25) is 18.6 Å². The molecule has 0 aromatic heterocycles. The van der Waals surface area contributed by atoms with Gasteiger partial charge in [0.15, 0.2) is 0 Å². The van der Waals surface area contributed by atoms with Gasteiger partial charge in [0.1, 0.15) is 19.3 Å². The summed E-state index contributed by atoms with van der Waals surface area (Å²) in [6.07, 6.45) is 66.4. The van der Waals surface area contributed by atoms with Crippen molar-refractivity contribution in [2.24, 2.45) is 0 Å². The zero-order valence-electron chi connectivity index (χ0n) is 48.6. The number of rotatable bonds is 55. The number of phosphoric ester groups is 1. The molecule has 0 aliphatic rings. The second-order valence-electron chi connectivity index (χ2n) is 21.8. The van der Waals surface area contributed by atoms with E-state index < -0.39 is 20.0 Å². The fourth-order valence-corrected chi connectivity index (χ4v) is 9.45. The fourth-order valence-electron chi connectivity index (χ4n) is 8.71. The summed E-state index contributed by atoms with van der Waals surface area (Å²) < 4.78 is 30.7. The summed E-state index contributed by atoms with van der Waals surface area (Å²) in [4.78, 5) is 37.7. The van der Waals surface area contributed by atoms with Crippen LogP contribution in [0.2, 0.25) is 0 Å². The Labute approximate surface area is 451 Å². The minimum absolute atomic E-state index is 0.0374. The molecular weight excluding hydrogens is 928 g/mol. The zero-order valence-corrected chi connectivity index (χ0v) is 49.5. The highest BCUT2D eigenvalue weighted by Crippen LogP contribution is 2.43. The quantitative estimate of drug-likeness (QED) is 0.0205. The summed E-state index contributed by atoms with van der Waals surface area (Å²) in [6, 6.07) is -0.853. The van der Waals surface area contributed by atoms with Crippen LogP contribution in [0.3, 0.4) is 0 Å². The summed E-state index contributed by atoms with van der Waals surface area (Å²) in [5, 5.41) is 3.05. The van der Waals surface area contributed by atoms with E-state index in [1.807, 2.05) is 33.3 Å². The van der Waals surface area contributed by atoms with Crippen LogP contribution in [0.1, 0.15) is 278 Å². The van der Waals surface area contributed by atoms with Crippen molar-refractivity contribution in [2.75, 3.05) is 40.9 Å². The lowest BCUT2D eigenvalue weighted by Crippen LogP contribution is -2.47. The van der Waals surface area contributed by atoms with Gasteiger partial charge in [0, 0.05) is 12.8 Å². The molecule has 0 aliphatic carbocycles. The Hall–Kier alpha value is -2.29. The molecule has 2 N–H and O–H groups in total. The van der Waals surface area contributed by atoms with E-state index in [2.05, 4.69) is 74.7 Å². The van der Waals surface area contributed by atoms with Gasteiger partial charge in [-0.2, -0.15) is 0 Å². The molecule has 73 heavy (non-hydrogen) atoms. The molecule has 0 aromatic carbocycles. The lowest BCUT2D eigenvalue weighted by Gasteiger charge is -2.27. The van der Waals surface area contributed by atoms with Crippen molar-refractivity contribution in [1.82, 2.24) is 5.32 Å². The number of amides is 1. The number of carbonyl (C=O) groups excluding carboxylic acids is 2. The molecule has 0 fully saturated rings. The van der Waals surface area contributed by atoms with E-state index in [4.69, 9.17) is 13.8 Å². The molecule has 0 rings (SSSR count). The third-order valence-corrected chi connectivity index (χ3v) is 14.4. The van der Waals surface area contributed by atoms with Gasteiger partial charge >= 0.3 is 13.8 Å². The Kier molecular flexibility index (Phi) is 51.5. The van der Waals surface area contributed by atoms with Gasteiger partial charge in [-0.15, -0.1) is 0 Å². The summed E-state index contributed by atoms with van der Waals surface area (Å²) in [7, 11) is 1.49. The molecule has 0 spiro atoms. The number of nitrogens with one attached hydrogen (secondary N) is 1. The summed E-state index contributed by atoms with van der Waals surface area (Å²) in [5.74, 6) is -0.513. The van der Waals surface area contributed by atoms with Crippen molar-refractivity contribution < 1.29 is 37.3 Å². The molecule has 0 bridgehead atoms. The van der Waals surface area contributed by atoms with Gasteiger partial charge in [0.05, 0.1) is 33.8 Å². The number of hydrogen-bond acceptors (Lipinski definition) is 6. The van der Waals surface area contributed by atoms with E-state index >= 15 is 0 Å². The van der Waals surface area contributed by atoms with Crippen molar-refractivity contribution in [1.29, 1.82) is 0 Å². The molecule has 0 aliphatic heterocycles. The van der Waals surface area contributed by atoms with Gasteiger partial charge in [0.25, 0.3) is 0 Å². The Morgan fingerprint density at radius 2 is 0.877 bits per heavy atom. The number of esters is 1. The van der Waals surface area contributed by atoms with E-state index in [1.165, 1.54) is 154 Å². The predicted octanol–water partition coefficient (Wildman–Crippen LogP) is 18.7. The summed E-state index contributed by atoms with van der Waals surface area (Å²) >= 11 is 0. The standard InChI is InChI=1S/C63H117N2O7P/c1-7-10-13-16-19-22-25-28-30-31-32-33-34-35-36-38-41-44-47-50-53-56-63(67)72-61(54-51-48-45-42-39-27-24-21-18-15-12-9-3)60(59-71-73(68,69)70-58-57-65(4,5)6)64-62(66)55-52-49-46-43-40-37-29-26-23-20-17-14-11-8-2/h11,14,19-20,22-23,28,30,51,54,60-61H,7-10,12-13,15-18,21,24-27,29,31-50,52-53,55-59H2,1-6H3,(H-,64,66,68,69)/p+1/b14-11+,22-19-,23-20+,30-28-,54-51-. The number of hydrogen-bond donors (Lipinski definition) is 2. The highest BCUT2D eigenvalue weighted by atomic mass is 31.2. The predicted molar refractivity (Wildman–Crippen MR) is 314 cm³/mol. The van der Waals surface area contributed by atoms with Gasteiger partial charge in [-0.1, -0.05) is 236 Å². The second-order valence-corrected chi connectivity index (χ2v) is 23.3. The van der Waals surface area contributed by atoms with Crippen molar-refractivity contribution >= 4 is 19.7 Å². The van der Waals surface area contributed by atoms with Crippen molar-refractivity contribution in [3.8, 4) is 0 Å². The molecule has 3 atom stereocenters. The maximum absolute atomic E-state index is 13.5. The number of carbonyl (C=O) groups is 2. The van der Waals surface area contributed by atoms with Crippen LogP contribution in [0.25, 0.3) is 0 Å². The largest absolute Gasteiger partial charge is 0.472 e. The third-order valence-electron chi connectivity index (χ3n) is 13.4. The molecule has 1 amide bonds. The summed E-state index contributed by atoms with van der Waals surface area (Å²) in [6.45, 7) is 6.89. The number of unbranched alkanes of at least 4 members (excludes halogenated alkanes) is 31. The first kappa shape index (κ1) is 70.7. The molecule has 10 heteroatoms. The molecule has 0 saturated carbocycles. The first-order valence-corrected chi connectivity index (χ1v) is 32.1. The Bertz CT molecular complexity index is 1440. The minimum atomic E-state index is -4.45.